The van der Waals surface area contributed by atoms with Crippen LogP contribution in [0.25, 0.3) is 0 Å². The molecule has 32 heavy (non-hydrogen) atoms. The summed E-state index contributed by atoms with van der Waals surface area (Å²) in [6.07, 6.45) is 3.03. The summed E-state index contributed by atoms with van der Waals surface area (Å²) in [6.45, 7) is 7.64. The molecule has 0 unspecified atom stereocenters. The number of hydrogen-bond donors (Lipinski definition) is 1. The van der Waals surface area contributed by atoms with Crippen LogP contribution in [-0.2, 0) is 13.1 Å². The maximum absolute atomic E-state index is 10.4. The summed E-state index contributed by atoms with van der Waals surface area (Å²) in [4.78, 5) is 6.61. The zero-order valence-corrected chi connectivity index (χ0v) is 19.3. The van der Waals surface area contributed by atoms with Crippen molar-refractivity contribution in [1.82, 2.24) is 14.5 Å². The normalized spacial score (nSPS) is 18.9. The molecule has 6 nitrogen and oxygen atoms in total. The molecule has 4 rings (SSSR count). The molecule has 0 radical (unpaired) electrons. The number of hydrogen-bond acceptors (Lipinski definition) is 5. The quantitative estimate of drug-likeness (QED) is 0.519. The molecule has 170 valence electrons. The van der Waals surface area contributed by atoms with Crippen molar-refractivity contribution in [3.05, 3.63) is 77.3 Å². The number of β-amino-alcohol motifs (C(OH)–C–C–N with tert-alkyl or cyclic N) is 1. The molecule has 2 atom stereocenters. The Balaban J connectivity index is 1.25. The molecule has 1 aliphatic heterocycles. The Kier molecular flexibility index (Phi) is 7.35. The summed E-state index contributed by atoms with van der Waals surface area (Å²) in [6, 6.07) is 15.4. The van der Waals surface area contributed by atoms with Crippen LogP contribution < -0.4 is 9.47 Å². The molecule has 7 heteroatoms. The van der Waals surface area contributed by atoms with E-state index in [-0.39, 0.29) is 6.10 Å². The van der Waals surface area contributed by atoms with Crippen LogP contribution in [0.3, 0.4) is 0 Å². The highest BCUT2D eigenvalue weighted by atomic mass is 35.5. The lowest BCUT2D eigenvalue weighted by molar-refractivity contribution is 0.0737. The van der Waals surface area contributed by atoms with Gasteiger partial charge in [0.2, 0.25) is 0 Å². The Morgan fingerprint density at radius 3 is 2.69 bits per heavy atom. The van der Waals surface area contributed by atoms with Crippen LogP contribution >= 0.6 is 11.6 Å². The predicted octanol–water partition coefficient (Wildman–Crippen LogP) is 4.36. The molecular weight excluding hydrogens is 426 g/mol. The Labute approximate surface area is 194 Å². The summed E-state index contributed by atoms with van der Waals surface area (Å²) in [5.41, 5.74) is 1.17. The maximum atomic E-state index is 10.4. The van der Waals surface area contributed by atoms with Crippen LogP contribution in [0.15, 0.2) is 60.9 Å². The Bertz CT molecular complexity index is 1010. The van der Waals surface area contributed by atoms with Crippen molar-refractivity contribution < 1.29 is 14.6 Å². The van der Waals surface area contributed by atoms with Crippen molar-refractivity contribution in [1.29, 1.82) is 0 Å². The van der Waals surface area contributed by atoms with Gasteiger partial charge in [-0.25, -0.2) is 4.98 Å². The third-order valence-electron chi connectivity index (χ3n) is 5.59. The number of benzene rings is 2. The number of ether oxygens (including phenoxy) is 2. The fraction of sp³-hybridized carbons (Fsp3) is 0.400. The van der Waals surface area contributed by atoms with Gasteiger partial charge in [0.1, 0.15) is 36.1 Å². The number of likely N-dealkylation sites (tertiary alicyclic amines) is 1. The molecule has 1 N–H and O–H groups in total. The molecule has 1 aliphatic rings. The van der Waals surface area contributed by atoms with Crippen LogP contribution in [0.2, 0.25) is 5.02 Å². The molecule has 2 heterocycles. The van der Waals surface area contributed by atoms with E-state index >= 15 is 0 Å². The largest absolute Gasteiger partial charge is 0.492 e. The maximum Gasteiger partial charge on any atom is 0.138 e. The third kappa shape index (κ3) is 5.82. The monoisotopic (exact) mass is 455 g/mol. The standard InChI is InChI=1S/C25H30ClN3O3/c1-18(2)25-27-10-11-29(25)12-13-31-21-8-6-19(7-9-21)15-28-16-23(30)24(17-28)32-22-5-3-4-20(26)14-22/h3-11,14,18,23-24,30H,12-13,15-17H2,1-2H3/t23-,24-/m0/s1. The minimum absolute atomic E-state index is 0.269. The van der Waals surface area contributed by atoms with Gasteiger partial charge in [0, 0.05) is 43.0 Å². The minimum atomic E-state index is -0.532. The molecule has 1 fully saturated rings. The molecule has 1 aromatic heterocycles. The second-order valence-corrected chi connectivity index (χ2v) is 8.94. The summed E-state index contributed by atoms with van der Waals surface area (Å²) in [5.74, 6) is 3.00. The highest BCUT2D eigenvalue weighted by molar-refractivity contribution is 6.30. The number of nitrogens with zero attached hydrogens (tertiary/aromatic N) is 3. The molecule has 0 spiro atoms. The molecule has 0 aliphatic carbocycles. The summed E-state index contributed by atoms with van der Waals surface area (Å²) < 4.78 is 14.0. The average Bonchev–Trinajstić information content (AvgIpc) is 3.36. The number of aliphatic hydroxyl groups is 1. The van der Waals surface area contributed by atoms with Crippen LogP contribution in [-0.4, -0.2) is 51.5 Å². The second kappa shape index (κ2) is 10.4. The van der Waals surface area contributed by atoms with E-state index in [0.717, 1.165) is 24.7 Å². The first kappa shape index (κ1) is 22.6. The van der Waals surface area contributed by atoms with Crippen LogP contribution in [0, 0.1) is 0 Å². The van der Waals surface area contributed by atoms with Crippen molar-refractivity contribution >= 4 is 11.6 Å². The second-order valence-electron chi connectivity index (χ2n) is 8.50. The van der Waals surface area contributed by atoms with Gasteiger partial charge in [-0.2, -0.15) is 0 Å². The van der Waals surface area contributed by atoms with E-state index in [1.54, 1.807) is 12.1 Å². The molecule has 2 aromatic carbocycles. The number of aromatic nitrogens is 2. The first-order valence-corrected chi connectivity index (χ1v) is 11.4. The third-order valence-corrected chi connectivity index (χ3v) is 5.83. The van der Waals surface area contributed by atoms with Crippen LogP contribution in [0.1, 0.15) is 31.2 Å². The van der Waals surface area contributed by atoms with E-state index in [1.807, 2.05) is 36.7 Å². The number of aliphatic hydroxyl groups excluding tert-OH is 1. The van der Waals surface area contributed by atoms with Crippen molar-refractivity contribution in [3.63, 3.8) is 0 Å². The minimum Gasteiger partial charge on any atom is -0.492 e. The lowest BCUT2D eigenvalue weighted by Crippen LogP contribution is -2.29. The molecule has 1 saturated heterocycles. The van der Waals surface area contributed by atoms with Crippen molar-refractivity contribution in [2.75, 3.05) is 19.7 Å². The van der Waals surface area contributed by atoms with E-state index in [0.29, 0.717) is 36.4 Å². The average molecular weight is 456 g/mol. The van der Waals surface area contributed by atoms with Gasteiger partial charge in [-0.15, -0.1) is 0 Å². The number of halogens is 1. The van der Waals surface area contributed by atoms with Gasteiger partial charge in [-0.1, -0.05) is 43.6 Å². The van der Waals surface area contributed by atoms with Gasteiger partial charge >= 0.3 is 0 Å². The predicted molar refractivity (Wildman–Crippen MR) is 125 cm³/mol. The Hall–Kier alpha value is -2.54. The SMILES string of the molecule is CC(C)c1nccn1CCOc1ccc(CN2C[C@H](Oc3cccc(Cl)c3)[C@@H](O)C2)cc1. The fourth-order valence-corrected chi connectivity index (χ4v) is 4.19. The Morgan fingerprint density at radius 1 is 1.12 bits per heavy atom. The molecule has 0 amide bonds. The van der Waals surface area contributed by atoms with Crippen molar-refractivity contribution in [2.45, 2.75) is 45.1 Å². The fourth-order valence-electron chi connectivity index (χ4n) is 4.01. The lowest BCUT2D eigenvalue weighted by Gasteiger charge is -2.17. The smallest absolute Gasteiger partial charge is 0.138 e. The number of imidazole rings is 1. The summed E-state index contributed by atoms with van der Waals surface area (Å²) in [7, 11) is 0. The summed E-state index contributed by atoms with van der Waals surface area (Å²) in [5, 5.41) is 11.0. The zero-order valence-electron chi connectivity index (χ0n) is 18.5. The van der Waals surface area contributed by atoms with Gasteiger partial charge in [-0.05, 0) is 35.9 Å². The van der Waals surface area contributed by atoms with E-state index in [2.05, 4.69) is 40.4 Å². The highest BCUT2D eigenvalue weighted by Crippen LogP contribution is 2.23. The van der Waals surface area contributed by atoms with Gasteiger partial charge in [0.05, 0.1) is 6.54 Å². The molecule has 0 saturated carbocycles. The van der Waals surface area contributed by atoms with E-state index in [4.69, 9.17) is 21.1 Å². The van der Waals surface area contributed by atoms with Crippen molar-refractivity contribution in [2.24, 2.45) is 0 Å². The van der Waals surface area contributed by atoms with Crippen molar-refractivity contribution in [3.8, 4) is 11.5 Å². The topological polar surface area (TPSA) is 59.8 Å². The molecule has 3 aromatic rings. The molecule has 0 bridgehead atoms. The van der Waals surface area contributed by atoms with Gasteiger partial charge in [0.15, 0.2) is 0 Å². The van der Waals surface area contributed by atoms with E-state index < -0.39 is 6.10 Å². The van der Waals surface area contributed by atoms with Gasteiger partial charge < -0.3 is 19.1 Å². The van der Waals surface area contributed by atoms with Gasteiger partial charge in [0.25, 0.3) is 0 Å². The lowest BCUT2D eigenvalue weighted by atomic mass is 10.2. The van der Waals surface area contributed by atoms with E-state index in [9.17, 15) is 5.11 Å². The van der Waals surface area contributed by atoms with Gasteiger partial charge in [-0.3, -0.25) is 4.90 Å². The molecular formula is C25H30ClN3O3. The number of rotatable bonds is 9. The van der Waals surface area contributed by atoms with E-state index in [1.165, 1.54) is 5.56 Å². The first-order chi connectivity index (χ1) is 15.5. The Morgan fingerprint density at radius 2 is 1.94 bits per heavy atom. The van der Waals surface area contributed by atoms with Crippen LogP contribution in [0.4, 0.5) is 0 Å². The summed E-state index contributed by atoms with van der Waals surface area (Å²) >= 11 is 6.03. The zero-order chi connectivity index (χ0) is 22.5. The van der Waals surface area contributed by atoms with Crippen LogP contribution in [0.5, 0.6) is 11.5 Å². The highest BCUT2D eigenvalue weighted by Gasteiger charge is 2.33. The first-order valence-electron chi connectivity index (χ1n) is 11.0.